The number of nitrogens with zero attached hydrogens (tertiary/aromatic N) is 1. The van der Waals surface area contributed by atoms with Crippen LogP contribution in [0, 0.1) is 13.8 Å². The third-order valence-corrected chi connectivity index (χ3v) is 2.32. The second kappa shape index (κ2) is 3.65. The normalized spacial score (nSPS) is 10.2. The van der Waals surface area contributed by atoms with E-state index in [1.807, 2.05) is 6.92 Å². The first-order chi connectivity index (χ1) is 6.49. The summed E-state index contributed by atoms with van der Waals surface area (Å²) in [6.45, 7) is 5.40. The number of carboxylic acid groups (broad SMARTS) is 1. The number of nitrogens with two attached hydrogens (primary N) is 1. The highest BCUT2D eigenvalue weighted by atomic mass is 16.4. The van der Waals surface area contributed by atoms with E-state index in [9.17, 15) is 4.79 Å². The van der Waals surface area contributed by atoms with Crippen LogP contribution in [0.15, 0.2) is 0 Å². The van der Waals surface area contributed by atoms with Gasteiger partial charge in [0.25, 0.3) is 0 Å². The maximum Gasteiger partial charge on any atom is 0.338 e. The highest BCUT2D eigenvalue weighted by Crippen LogP contribution is 2.22. The number of hydrogen-bond acceptors (Lipinski definition) is 3. The highest BCUT2D eigenvalue weighted by molar-refractivity contribution is 5.95. The molecule has 0 saturated carbocycles. The average Bonchev–Trinajstić information content (AvgIpc) is 2.11. The molecule has 3 N–H and O–H groups in total. The molecule has 0 saturated heterocycles. The predicted molar refractivity (Wildman–Crippen MR) is 54.5 cm³/mol. The molecule has 0 aromatic carbocycles. The van der Waals surface area contributed by atoms with Gasteiger partial charge in [0.15, 0.2) is 0 Å². The van der Waals surface area contributed by atoms with Crippen LogP contribution in [0.2, 0.25) is 0 Å². The van der Waals surface area contributed by atoms with Crippen molar-refractivity contribution in [3.8, 4) is 0 Å². The topological polar surface area (TPSA) is 76.2 Å². The zero-order valence-electron chi connectivity index (χ0n) is 8.59. The smallest absolute Gasteiger partial charge is 0.338 e. The number of nitrogen functional groups attached to an aromatic ring is 1. The van der Waals surface area contributed by atoms with Crippen molar-refractivity contribution in [1.29, 1.82) is 0 Å². The van der Waals surface area contributed by atoms with Crippen molar-refractivity contribution in [2.45, 2.75) is 27.2 Å². The fourth-order valence-electron chi connectivity index (χ4n) is 1.49. The lowest BCUT2D eigenvalue weighted by Gasteiger charge is -2.11. The van der Waals surface area contributed by atoms with Crippen LogP contribution in [0.5, 0.6) is 0 Å². The van der Waals surface area contributed by atoms with E-state index in [2.05, 4.69) is 4.98 Å². The van der Waals surface area contributed by atoms with Crippen LogP contribution in [0.4, 0.5) is 5.69 Å². The van der Waals surface area contributed by atoms with Gasteiger partial charge in [0.05, 0.1) is 16.9 Å². The summed E-state index contributed by atoms with van der Waals surface area (Å²) in [6.07, 6.45) is 0.716. The predicted octanol–water partition coefficient (Wildman–Crippen LogP) is 1.54. The Kier molecular flexibility index (Phi) is 2.74. The molecule has 0 aliphatic rings. The van der Waals surface area contributed by atoms with Crippen LogP contribution >= 0.6 is 0 Å². The van der Waals surface area contributed by atoms with E-state index in [0.29, 0.717) is 17.7 Å². The van der Waals surface area contributed by atoms with E-state index in [1.54, 1.807) is 13.8 Å². The van der Waals surface area contributed by atoms with Crippen molar-refractivity contribution < 1.29 is 9.90 Å². The number of aryl methyl sites for hydroxylation is 2. The van der Waals surface area contributed by atoms with E-state index in [1.165, 1.54) is 0 Å². The third kappa shape index (κ3) is 1.55. The molecule has 76 valence electrons. The Morgan fingerprint density at radius 1 is 1.50 bits per heavy atom. The van der Waals surface area contributed by atoms with Crippen molar-refractivity contribution in [3.63, 3.8) is 0 Å². The van der Waals surface area contributed by atoms with Crippen LogP contribution in [0.25, 0.3) is 0 Å². The summed E-state index contributed by atoms with van der Waals surface area (Å²) in [6, 6.07) is 0. The van der Waals surface area contributed by atoms with Crippen molar-refractivity contribution in [2.24, 2.45) is 0 Å². The summed E-state index contributed by atoms with van der Waals surface area (Å²) < 4.78 is 0. The molecule has 0 bridgehead atoms. The molecule has 0 aliphatic carbocycles. The van der Waals surface area contributed by atoms with Crippen LogP contribution < -0.4 is 5.73 Å². The largest absolute Gasteiger partial charge is 0.478 e. The maximum atomic E-state index is 11.0. The van der Waals surface area contributed by atoms with Gasteiger partial charge in [-0.3, -0.25) is 4.98 Å². The summed E-state index contributed by atoms with van der Waals surface area (Å²) in [5.74, 6) is -0.986. The zero-order valence-corrected chi connectivity index (χ0v) is 8.59. The number of anilines is 1. The molecule has 14 heavy (non-hydrogen) atoms. The van der Waals surface area contributed by atoms with Gasteiger partial charge >= 0.3 is 5.97 Å². The Balaban J connectivity index is 3.53. The number of hydrogen-bond donors (Lipinski definition) is 2. The molecule has 0 fully saturated rings. The van der Waals surface area contributed by atoms with E-state index < -0.39 is 5.97 Å². The second-order valence-electron chi connectivity index (χ2n) is 3.22. The Labute approximate surface area is 82.8 Å². The molecule has 1 aromatic heterocycles. The number of rotatable bonds is 2. The Morgan fingerprint density at radius 3 is 2.50 bits per heavy atom. The molecule has 0 spiro atoms. The summed E-state index contributed by atoms with van der Waals surface area (Å²) in [7, 11) is 0. The van der Waals surface area contributed by atoms with Crippen molar-refractivity contribution >= 4 is 11.7 Å². The number of carboxylic acids is 1. The molecule has 4 heteroatoms. The molecular formula is C10H14N2O2. The van der Waals surface area contributed by atoms with Crippen molar-refractivity contribution in [2.75, 3.05) is 5.73 Å². The monoisotopic (exact) mass is 194 g/mol. The van der Waals surface area contributed by atoms with E-state index in [0.717, 1.165) is 5.69 Å². The van der Waals surface area contributed by atoms with Gasteiger partial charge in [-0.2, -0.15) is 0 Å². The van der Waals surface area contributed by atoms with Gasteiger partial charge < -0.3 is 10.8 Å². The molecule has 0 atom stereocenters. The van der Waals surface area contributed by atoms with E-state index in [4.69, 9.17) is 10.8 Å². The average molecular weight is 194 g/mol. The quantitative estimate of drug-likeness (QED) is 0.748. The maximum absolute atomic E-state index is 11.0. The van der Waals surface area contributed by atoms with Gasteiger partial charge in [0.2, 0.25) is 0 Å². The molecule has 0 aliphatic heterocycles. The van der Waals surface area contributed by atoms with Crippen LogP contribution in [-0.2, 0) is 6.42 Å². The third-order valence-electron chi connectivity index (χ3n) is 2.32. The van der Waals surface area contributed by atoms with Gasteiger partial charge in [-0.15, -0.1) is 0 Å². The van der Waals surface area contributed by atoms with Crippen LogP contribution in [0.1, 0.15) is 34.2 Å². The number of carbonyl (C=O) groups is 1. The van der Waals surface area contributed by atoms with Gasteiger partial charge in [-0.1, -0.05) is 6.92 Å². The first-order valence-corrected chi connectivity index (χ1v) is 4.47. The molecule has 0 unspecified atom stereocenters. The molecule has 1 rings (SSSR count). The lowest BCUT2D eigenvalue weighted by molar-refractivity contribution is 0.0697. The summed E-state index contributed by atoms with van der Waals surface area (Å²) in [4.78, 5) is 15.2. The number of aromatic nitrogens is 1. The van der Waals surface area contributed by atoms with Gasteiger partial charge in [-0.05, 0) is 25.8 Å². The summed E-state index contributed by atoms with van der Waals surface area (Å²) >= 11 is 0. The van der Waals surface area contributed by atoms with Gasteiger partial charge in [-0.25, -0.2) is 4.79 Å². The minimum atomic E-state index is -0.986. The number of aromatic carboxylic acids is 1. The van der Waals surface area contributed by atoms with Crippen molar-refractivity contribution in [3.05, 3.63) is 22.5 Å². The molecular weight excluding hydrogens is 180 g/mol. The van der Waals surface area contributed by atoms with E-state index >= 15 is 0 Å². The minimum absolute atomic E-state index is 0.189. The molecule has 0 radical (unpaired) electrons. The lowest BCUT2D eigenvalue weighted by atomic mass is 10.0. The van der Waals surface area contributed by atoms with Gasteiger partial charge in [0, 0.05) is 5.69 Å². The Hall–Kier alpha value is -1.58. The van der Waals surface area contributed by atoms with Gasteiger partial charge in [0.1, 0.15) is 0 Å². The van der Waals surface area contributed by atoms with Crippen LogP contribution in [0.3, 0.4) is 0 Å². The standard InChI is InChI=1S/C10H14N2O2/c1-4-7-5(2)8(10(13)14)9(11)6(3)12-7/h4,11H2,1-3H3,(H,13,14). The SMILES string of the molecule is CCc1nc(C)c(N)c(C(=O)O)c1C. The lowest BCUT2D eigenvalue weighted by Crippen LogP contribution is -2.11. The molecule has 4 nitrogen and oxygen atoms in total. The molecule has 1 aromatic rings. The molecule has 1 heterocycles. The Bertz CT molecular complexity index is 386. The second-order valence-corrected chi connectivity index (χ2v) is 3.22. The van der Waals surface area contributed by atoms with Crippen LogP contribution in [-0.4, -0.2) is 16.1 Å². The highest BCUT2D eigenvalue weighted by Gasteiger charge is 2.17. The fourth-order valence-corrected chi connectivity index (χ4v) is 1.49. The first kappa shape index (κ1) is 10.5. The molecule has 0 amide bonds. The van der Waals surface area contributed by atoms with E-state index in [-0.39, 0.29) is 11.3 Å². The zero-order chi connectivity index (χ0) is 10.9. The van der Waals surface area contributed by atoms with Crippen molar-refractivity contribution in [1.82, 2.24) is 4.98 Å². The number of pyridine rings is 1. The Morgan fingerprint density at radius 2 is 2.07 bits per heavy atom. The summed E-state index contributed by atoms with van der Waals surface area (Å²) in [5, 5.41) is 8.98. The first-order valence-electron chi connectivity index (χ1n) is 4.47. The summed E-state index contributed by atoms with van der Waals surface area (Å²) in [5.41, 5.74) is 8.18. The minimum Gasteiger partial charge on any atom is -0.478 e. The fraction of sp³-hybridized carbons (Fsp3) is 0.400.